The second-order valence-corrected chi connectivity index (χ2v) is 9.00. The lowest BCUT2D eigenvalue weighted by Gasteiger charge is -2.38. The quantitative estimate of drug-likeness (QED) is 0.357. The molecule has 33 heavy (non-hydrogen) atoms. The van der Waals surface area contributed by atoms with E-state index in [-0.39, 0.29) is 11.4 Å². The molecule has 8 heteroatoms. The lowest BCUT2D eigenvalue weighted by Crippen LogP contribution is -2.50. The fourth-order valence-electron chi connectivity index (χ4n) is 4.32. The topological polar surface area (TPSA) is 82.0 Å². The molecule has 3 aromatic heterocycles. The minimum Gasteiger partial charge on any atom is -0.508 e. The van der Waals surface area contributed by atoms with Crippen LogP contribution in [0.4, 0.5) is 13.2 Å². The number of aromatic nitrogens is 3. The molecular formula is C25H24F3N3O2. The van der Waals surface area contributed by atoms with Crippen LogP contribution in [0.2, 0.25) is 0 Å². The lowest BCUT2D eigenvalue weighted by molar-refractivity contribution is -0.266. The molecule has 4 aromatic rings. The third-order valence-corrected chi connectivity index (χ3v) is 5.94. The van der Waals surface area contributed by atoms with Crippen LogP contribution in [-0.2, 0) is 11.8 Å². The number of nitrogens with one attached hydrogen (secondary N) is 1. The van der Waals surface area contributed by atoms with Crippen molar-refractivity contribution in [2.45, 2.75) is 43.9 Å². The summed E-state index contributed by atoms with van der Waals surface area (Å²) in [5.74, 6) is -0.131. The van der Waals surface area contributed by atoms with Crippen LogP contribution in [0.25, 0.3) is 22.0 Å². The van der Waals surface area contributed by atoms with Crippen molar-refractivity contribution in [2.24, 2.45) is 0 Å². The Morgan fingerprint density at radius 2 is 1.70 bits per heavy atom. The highest BCUT2D eigenvalue weighted by molar-refractivity contribution is 5.79. The van der Waals surface area contributed by atoms with Crippen LogP contribution in [0, 0.1) is 0 Å². The molecule has 0 amide bonds. The first-order chi connectivity index (χ1) is 15.5. The van der Waals surface area contributed by atoms with Crippen LogP contribution in [-0.4, -0.2) is 36.9 Å². The number of H-pyrrole nitrogens is 1. The van der Waals surface area contributed by atoms with Gasteiger partial charge in [0.05, 0.1) is 0 Å². The molecule has 0 bridgehead atoms. The summed E-state index contributed by atoms with van der Waals surface area (Å²) in [6.45, 7) is 3.17. The Morgan fingerprint density at radius 3 is 2.36 bits per heavy atom. The number of aromatic hydroxyl groups is 1. The molecule has 0 saturated carbocycles. The van der Waals surface area contributed by atoms with E-state index >= 15 is 0 Å². The maximum absolute atomic E-state index is 14.2. The smallest absolute Gasteiger partial charge is 0.417 e. The predicted molar refractivity (Wildman–Crippen MR) is 120 cm³/mol. The molecule has 1 unspecified atom stereocenters. The Hall–Kier alpha value is -3.39. The first kappa shape index (κ1) is 22.8. The van der Waals surface area contributed by atoms with E-state index in [9.17, 15) is 23.4 Å². The zero-order chi connectivity index (χ0) is 23.9. The number of phenols is 1. The summed E-state index contributed by atoms with van der Waals surface area (Å²) in [6.07, 6.45) is 0.154. The van der Waals surface area contributed by atoms with Gasteiger partial charge in [-0.25, -0.2) is 0 Å². The number of benzene rings is 1. The fourth-order valence-corrected chi connectivity index (χ4v) is 4.32. The van der Waals surface area contributed by atoms with Crippen LogP contribution in [0.5, 0.6) is 5.75 Å². The second-order valence-electron chi connectivity index (χ2n) is 9.00. The van der Waals surface area contributed by atoms with Crippen LogP contribution < -0.4 is 0 Å². The Labute approximate surface area is 189 Å². The van der Waals surface area contributed by atoms with Crippen LogP contribution in [0.15, 0.2) is 67.3 Å². The number of nitrogens with zero attached hydrogens (tertiary/aromatic N) is 2. The van der Waals surface area contributed by atoms with Crippen molar-refractivity contribution in [3.8, 4) is 16.9 Å². The van der Waals surface area contributed by atoms with Gasteiger partial charge in [-0.2, -0.15) is 13.2 Å². The Kier molecular flexibility index (Phi) is 5.66. The van der Waals surface area contributed by atoms with Crippen molar-refractivity contribution in [3.05, 3.63) is 78.5 Å². The molecule has 0 fully saturated rings. The molecule has 0 spiro atoms. The highest BCUT2D eigenvalue weighted by Gasteiger charge is 2.56. The van der Waals surface area contributed by atoms with Gasteiger partial charge >= 0.3 is 6.18 Å². The summed E-state index contributed by atoms with van der Waals surface area (Å²) in [5, 5.41) is 22.1. The second kappa shape index (κ2) is 8.19. The number of fused-ring (bicyclic) bond motifs is 1. The molecule has 0 aliphatic carbocycles. The van der Waals surface area contributed by atoms with Crippen molar-refractivity contribution in [2.75, 3.05) is 0 Å². The number of phenolic OH excluding ortho intramolecular Hbond substituents is 1. The Balaban J connectivity index is 1.70. The molecule has 1 atom stereocenters. The molecule has 3 N–H and O–H groups in total. The SMILES string of the molecule is CC(C)(CC(O)(Cc1cc2cnccc2[nH]1)C(F)(F)F)c1cc(-c2cccnc2)ccc1O. The third kappa shape index (κ3) is 4.57. The van der Waals surface area contributed by atoms with E-state index in [4.69, 9.17) is 0 Å². The van der Waals surface area contributed by atoms with Crippen LogP contribution in [0.1, 0.15) is 31.5 Å². The van der Waals surface area contributed by atoms with E-state index in [1.54, 1.807) is 69.0 Å². The minimum absolute atomic E-state index is 0.131. The Morgan fingerprint density at radius 1 is 0.939 bits per heavy atom. The molecule has 0 radical (unpaired) electrons. The van der Waals surface area contributed by atoms with Gasteiger partial charge in [0, 0.05) is 58.9 Å². The first-order valence-electron chi connectivity index (χ1n) is 10.4. The molecular weight excluding hydrogens is 431 g/mol. The summed E-state index contributed by atoms with van der Waals surface area (Å²) < 4.78 is 42.6. The highest BCUT2D eigenvalue weighted by atomic mass is 19.4. The van der Waals surface area contributed by atoms with Gasteiger partial charge in [-0.05, 0) is 47.7 Å². The number of aliphatic hydroxyl groups is 1. The summed E-state index contributed by atoms with van der Waals surface area (Å²) in [6, 6.07) is 11.6. The number of hydrogen-bond acceptors (Lipinski definition) is 4. The van der Waals surface area contributed by atoms with Crippen molar-refractivity contribution in [3.63, 3.8) is 0 Å². The van der Waals surface area contributed by atoms with Gasteiger partial charge < -0.3 is 15.2 Å². The number of pyridine rings is 2. The zero-order valence-electron chi connectivity index (χ0n) is 18.2. The summed E-state index contributed by atoms with van der Waals surface area (Å²) in [4.78, 5) is 11.0. The van der Waals surface area contributed by atoms with Gasteiger partial charge in [0.2, 0.25) is 0 Å². The van der Waals surface area contributed by atoms with E-state index in [2.05, 4.69) is 15.0 Å². The van der Waals surface area contributed by atoms with Gasteiger partial charge in [0.25, 0.3) is 0 Å². The number of hydrogen-bond donors (Lipinski definition) is 3. The molecule has 0 aliphatic heterocycles. The standard InChI is InChI=1S/C25H24F3N3O2/c1-23(2,20-11-16(5-6-22(20)32)17-4-3-8-29-13-17)15-24(33,25(26,27)28)12-19-10-18-14-30-9-7-21(18)31-19/h3-11,13-14,31-33H,12,15H2,1-2H3. The summed E-state index contributed by atoms with van der Waals surface area (Å²) in [7, 11) is 0. The van der Waals surface area contributed by atoms with Crippen molar-refractivity contribution < 1.29 is 23.4 Å². The average Bonchev–Trinajstić information content (AvgIpc) is 3.15. The van der Waals surface area contributed by atoms with Gasteiger partial charge in [-0.1, -0.05) is 26.0 Å². The fraction of sp³-hybridized carbons (Fsp3) is 0.280. The van der Waals surface area contributed by atoms with Crippen molar-refractivity contribution in [1.29, 1.82) is 0 Å². The maximum Gasteiger partial charge on any atom is 0.417 e. The molecule has 5 nitrogen and oxygen atoms in total. The van der Waals surface area contributed by atoms with E-state index in [0.29, 0.717) is 22.0 Å². The molecule has 0 aliphatic rings. The number of alkyl halides is 3. The zero-order valence-corrected chi connectivity index (χ0v) is 18.2. The van der Waals surface area contributed by atoms with E-state index < -0.39 is 30.0 Å². The van der Waals surface area contributed by atoms with Gasteiger partial charge in [-0.15, -0.1) is 0 Å². The van der Waals surface area contributed by atoms with Gasteiger partial charge in [0.15, 0.2) is 5.60 Å². The molecule has 1 aromatic carbocycles. The first-order valence-corrected chi connectivity index (χ1v) is 10.4. The molecule has 4 rings (SSSR count). The highest BCUT2D eigenvalue weighted by Crippen LogP contribution is 2.45. The Bertz CT molecular complexity index is 1240. The van der Waals surface area contributed by atoms with Crippen LogP contribution in [0.3, 0.4) is 0 Å². The lowest BCUT2D eigenvalue weighted by atomic mass is 9.72. The minimum atomic E-state index is -4.89. The van der Waals surface area contributed by atoms with Crippen molar-refractivity contribution >= 4 is 10.9 Å². The third-order valence-electron chi connectivity index (χ3n) is 5.94. The molecule has 172 valence electrons. The van der Waals surface area contributed by atoms with E-state index in [0.717, 1.165) is 5.56 Å². The number of halogens is 3. The van der Waals surface area contributed by atoms with E-state index in [1.807, 2.05) is 6.07 Å². The van der Waals surface area contributed by atoms with Gasteiger partial charge in [-0.3, -0.25) is 9.97 Å². The maximum atomic E-state index is 14.2. The monoisotopic (exact) mass is 455 g/mol. The van der Waals surface area contributed by atoms with Crippen molar-refractivity contribution in [1.82, 2.24) is 15.0 Å². The number of aromatic amines is 1. The largest absolute Gasteiger partial charge is 0.508 e. The van der Waals surface area contributed by atoms with E-state index in [1.165, 1.54) is 6.07 Å². The predicted octanol–water partition coefficient (Wildman–Crippen LogP) is 5.53. The molecule has 3 heterocycles. The summed E-state index contributed by atoms with van der Waals surface area (Å²) >= 11 is 0. The molecule has 0 saturated heterocycles. The van der Waals surface area contributed by atoms with Crippen LogP contribution >= 0.6 is 0 Å². The average molecular weight is 455 g/mol. The summed E-state index contributed by atoms with van der Waals surface area (Å²) in [5.41, 5.74) is -1.54. The number of rotatable bonds is 6. The normalized spacial score (nSPS) is 14.4. The van der Waals surface area contributed by atoms with Gasteiger partial charge in [0.1, 0.15) is 5.75 Å².